The second-order valence-electron chi connectivity index (χ2n) is 4.03. The lowest BCUT2D eigenvalue weighted by Gasteiger charge is -2.28. The van der Waals surface area contributed by atoms with Gasteiger partial charge in [-0.05, 0) is 26.2 Å². The molecule has 72 valence electrons. The summed E-state index contributed by atoms with van der Waals surface area (Å²) < 4.78 is 26.1. The number of hydrogen-bond acceptors (Lipinski definition) is 1. The molecule has 0 radical (unpaired) electrons. The van der Waals surface area contributed by atoms with E-state index in [1.165, 1.54) is 0 Å². The van der Waals surface area contributed by atoms with Crippen molar-refractivity contribution in [2.24, 2.45) is 11.7 Å². The first-order valence-electron chi connectivity index (χ1n) is 4.57. The van der Waals surface area contributed by atoms with Gasteiger partial charge in [0.2, 0.25) is 5.92 Å². The van der Waals surface area contributed by atoms with Crippen LogP contribution >= 0.6 is 0 Å². The van der Waals surface area contributed by atoms with Gasteiger partial charge in [0.1, 0.15) is 0 Å². The van der Waals surface area contributed by atoms with E-state index >= 15 is 0 Å². The summed E-state index contributed by atoms with van der Waals surface area (Å²) in [7, 11) is 0. The van der Waals surface area contributed by atoms with Gasteiger partial charge in [-0.2, -0.15) is 0 Å². The van der Waals surface area contributed by atoms with Gasteiger partial charge in [0.25, 0.3) is 0 Å². The molecule has 0 aromatic heterocycles. The topological polar surface area (TPSA) is 26.0 Å². The van der Waals surface area contributed by atoms with Crippen molar-refractivity contribution >= 4 is 0 Å². The number of alkyl halides is 2. The summed E-state index contributed by atoms with van der Waals surface area (Å²) in [6, 6.07) is 0. The van der Waals surface area contributed by atoms with Crippen LogP contribution in [0.25, 0.3) is 0 Å². The number of hydrogen-bond donors (Lipinski definition) is 1. The first-order valence-corrected chi connectivity index (χ1v) is 4.57. The summed E-state index contributed by atoms with van der Waals surface area (Å²) in [5.74, 6) is -3.23. The van der Waals surface area contributed by atoms with Gasteiger partial charge in [0.15, 0.2) is 0 Å². The van der Waals surface area contributed by atoms with Crippen molar-refractivity contribution < 1.29 is 8.78 Å². The van der Waals surface area contributed by atoms with Gasteiger partial charge in [-0.3, -0.25) is 0 Å². The maximum Gasteiger partial charge on any atom is 0.249 e. The lowest BCUT2D eigenvalue weighted by atomic mass is 9.88. The fraction of sp³-hybridized carbons (Fsp3) is 1.00. The molecule has 0 aromatic carbocycles. The standard InChI is InChI=1S/C9H17F2N/c1-3-4-7(8(2,10)11)9(12)5-6-9/h7H,3-6,12H2,1-2H3. The number of rotatable bonds is 4. The molecule has 1 saturated carbocycles. The third-order valence-electron chi connectivity index (χ3n) is 2.71. The Morgan fingerprint density at radius 2 is 2.00 bits per heavy atom. The Kier molecular flexibility index (Phi) is 2.43. The van der Waals surface area contributed by atoms with Crippen LogP contribution in [0.1, 0.15) is 39.5 Å². The largest absolute Gasteiger partial charge is 0.325 e. The maximum absolute atomic E-state index is 13.0. The highest BCUT2D eigenvalue weighted by molar-refractivity contribution is 5.07. The van der Waals surface area contributed by atoms with Gasteiger partial charge < -0.3 is 5.73 Å². The van der Waals surface area contributed by atoms with Crippen LogP contribution < -0.4 is 5.73 Å². The van der Waals surface area contributed by atoms with Crippen LogP contribution in [0.4, 0.5) is 8.78 Å². The molecule has 0 saturated heterocycles. The Morgan fingerprint density at radius 1 is 1.50 bits per heavy atom. The van der Waals surface area contributed by atoms with Gasteiger partial charge in [-0.25, -0.2) is 8.78 Å². The normalized spacial score (nSPS) is 23.8. The molecule has 0 amide bonds. The fourth-order valence-electron chi connectivity index (χ4n) is 1.83. The molecule has 0 spiro atoms. The van der Waals surface area contributed by atoms with Gasteiger partial charge >= 0.3 is 0 Å². The molecule has 0 aliphatic heterocycles. The monoisotopic (exact) mass is 177 g/mol. The maximum atomic E-state index is 13.0. The van der Waals surface area contributed by atoms with Crippen LogP contribution in [0.3, 0.4) is 0 Å². The van der Waals surface area contributed by atoms with E-state index in [9.17, 15) is 8.78 Å². The summed E-state index contributed by atoms with van der Waals surface area (Å²) >= 11 is 0. The van der Waals surface area contributed by atoms with Crippen molar-refractivity contribution in [2.75, 3.05) is 0 Å². The highest BCUT2D eigenvalue weighted by atomic mass is 19.3. The molecular weight excluding hydrogens is 160 g/mol. The van der Waals surface area contributed by atoms with Crippen LogP contribution in [-0.2, 0) is 0 Å². The SMILES string of the molecule is CCCC(C(C)(F)F)C1(N)CC1. The second kappa shape index (κ2) is 2.95. The van der Waals surface area contributed by atoms with E-state index in [2.05, 4.69) is 0 Å². The Hall–Kier alpha value is -0.180. The minimum Gasteiger partial charge on any atom is -0.325 e. The van der Waals surface area contributed by atoms with E-state index in [1.807, 2.05) is 6.92 Å². The Morgan fingerprint density at radius 3 is 2.25 bits per heavy atom. The number of halogens is 2. The average molecular weight is 177 g/mol. The summed E-state index contributed by atoms with van der Waals surface area (Å²) in [5, 5.41) is 0. The Labute approximate surface area is 72.3 Å². The molecule has 1 aliphatic carbocycles. The van der Waals surface area contributed by atoms with Crippen LogP contribution in [-0.4, -0.2) is 11.5 Å². The lowest BCUT2D eigenvalue weighted by Crippen LogP contribution is -2.42. The van der Waals surface area contributed by atoms with Gasteiger partial charge in [0, 0.05) is 11.5 Å². The molecule has 12 heavy (non-hydrogen) atoms. The zero-order valence-electron chi connectivity index (χ0n) is 7.74. The zero-order chi connectivity index (χ0) is 9.41. The van der Waals surface area contributed by atoms with Crippen molar-refractivity contribution in [3.05, 3.63) is 0 Å². The molecule has 1 nitrogen and oxygen atoms in total. The first kappa shape index (κ1) is 9.90. The average Bonchev–Trinajstić information content (AvgIpc) is 2.61. The summed E-state index contributed by atoms with van der Waals surface area (Å²) in [6.45, 7) is 2.91. The van der Waals surface area contributed by atoms with E-state index in [4.69, 9.17) is 5.73 Å². The smallest absolute Gasteiger partial charge is 0.249 e. The van der Waals surface area contributed by atoms with E-state index in [0.717, 1.165) is 26.2 Å². The van der Waals surface area contributed by atoms with Crippen molar-refractivity contribution in [1.29, 1.82) is 0 Å². The van der Waals surface area contributed by atoms with Crippen LogP contribution in [0.2, 0.25) is 0 Å². The quantitative estimate of drug-likeness (QED) is 0.701. The van der Waals surface area contributed by atoms with Crippen molar-refractivity contribution in [3.63, 3.8) is 0 Å². The molecule has 1 unspecified atom stereocenters. The highest BCUT2D eigenvalue weighted by Gasteiger charge is 2.53. The molecular formula is C9H17F2N. The Balaban J connectivity index is 2.62. The van der Waals surface area contributed by atoms with Gasteiger partial charge in [-0.1, -0.05) is 13.3 Å². The molecule has 1 fully saturated rings. The predicted octanol–water partition coefficient (Wildman–Crippen LogP) is 2.55. The summed E-state index contributed by atoms with van der Waals surface area (Å²) in [5.41, 5.74) is 5.24. The molecule has 1 aliphatic rings. The van der Waals surface area contributed by atoms with E-state index in [-0.39, 0.29) is 0 Å². The minimum absolute atomic E-state index is 0.542. The van der Waals surface area contributed by atoms with E-state index < -0.39 is 17.4 Å². The van der Waals surface area contributed by atoms with Crippen LogP contribution in [0.15, 0.2) is 0 Å². The third kappa shape index (κ3) is 1.94. The first-order chi connectivity index (χ1) is 5.40. The van der Waals surface area contributed by atoms with Crippen LogP contribution in [0.5, 0.6) is 0 Å². The third-order valence-corrected chi connectivity index (χ3v) is 2.71. The van der Waals surface area contributed by atoms with E-state index in [1.54, 1.807) is 0 Å². The zero-order valence-corrected chi connectivity index (χ0v) is 7.74. The minimum atomic E-state index is -2.61. The van der Waals surface area contributed by atoms with Crippen molar-refractivity contribution in [3.8, 4) is 0 Å². The summed E-state index contributed by atoms with van der Waals surface area (Å²) in [4.78, 5) is 0. The Bertz CT molecular complexity index is 153. The van der Waals surface area contributed by atoms with Crippen molar-refractivity contribution in [1.82, 2.24) is 0 Å². The molecule has 0 heterocycles. The van der Waals surface area contributed by atoms with E-state index in [0.29, 0.717) is 6.42 Å². The molecule has 3 heteroatoms. The second-order valence-corrected chi connectivity index (χ2v) is 4.03. The molecule has 1 rings (SSSR count). The fourth-order valence-corrected chi connectivity index (χ4v) is 1.83. The predicted molar refractivity (Wildman–Crippen MR) is 45.2 cm³/mol. The van der Waals surface area contributed by atoms with Gasteiger partial charge in [0.05, 0.1) is 0 Å². The summed E-state index contributed by atoms with van der Waals surface area (Å²) in [6.07, 6.45) is 2.86. The van der Waals surface area contributed by atoms with Crippen molar-refractivity contribution in [2.45, 2.75) is 51.0 Å². The molecule has 0 bridgehead atoms. The highest BCUT2D eigenvalue weighted by Crippen LogP contribution is 2.48. The molecule has 2 N–H and O–H groups in total. The lowest BCUT2D eigenvalue weighted by molar-refractivity contribution is -0.0570. The molecule has 0 aromatic rings. The molecule has 1 atom stereocenters. The number of nitrogens with two attached hydrogens (primary N) is 1. The van der Waals surface area contributed by atoms with Gasteiger partial charge in [-0.15, -0.1) is 0 Å². The van der Waals surface area contributed by atoms with Crippen LogP contribution in [0, 0.1) is 5.92 Å².